The number of nitrogens with one attached hydrogen (secondary N) is 2. The Balaban J connectivity index is 1.36. The van der Waals surface area contributed by atoms with Gasteiger partial charge in [0.25, 0.3) is 0 Å². The molecule has 1 saturated carbocycles. The average Bonchev–Trinajstić information content (AvgIpc) is 3.35. The second-order valence-corrected chi connectivity index (χ2v) is 7.46. The Morgan fingerprint density at radius 2 is 2.08 bits per heavy atom. The Hall–Kier alpha value is -1.95. The van der Waals surface area contributed by atoms with Gasteiger partial charge in [-0.15, -0.1) is 11.3 Å². The van der Waals surface area contributed by atoms with E-state index in [1.807, 2.05) is 18.2 Å². The molecule has 0 aliphatic heterocycles. The van der Waals surface area contributed by atoms with E-state index >= 15 is 0 Å². The van der Waals surface area contributed by atoms with Gasteiger partial charge in [0, 0.05) is 31.3 Å². The van der Waals surface area contributed by atoms with E-state index in [1.165, 1.54) is 4.70 Å². The smallest absolute Gasteiger partial charge is 0.223 e. The van der Waals surface area contributed by atoms with Gasteiger partial charge in [0.2, 0.25) is 11.8 Å². The standard InChI is InChI=1S/C18H23N3O2S/c1-12(18-21-14-5-2-3-6-15(14)24-18)11-20-16(22)7-4-10-19-17(23)13-8-9-13/h2-3,5-6,12-13H,4,7-11H2,1H3,(H,19,23)(H,20,22). The molecule has 5 nitrogen and oxygen atoms in total. The summed E-state index contributed by atoms with van der Waals surface area (Å²) >= 11 is 1.68. The number of carbonyl (C=O) groups excluding carboxylic acids is 2. The molecule has 1 atom stereocenters. The molecule has 0 bridgehead atoms. The van der Waals surface area contributed by atoms with Crippen molar-refractivity contribution in [3.8, 4) is 0 Å². The van der Waals surface area contributed by atoms with E-state index in [1.54, 1.807) is 11.3 Å². The van der Waals surface area contributed by atoms with E-state index in [-0.39, 0.29) is 23.7 Å². The second-order valence-electron chi connectivity index (χ2n) is 6.39. The first kappa shape index (κ1) is 16.9. The van der Waals surface area contributed by atoms with Crippen molar-refractivity contribution in [2.45, 2.75) is 38.5 Å². The predicted molar refractivity (Wildman–Crippen MR) is 96.0 cm³/mol. The summed E-state index contributed by atoms with van der Waals surface area (Å²) in [4.78, 5) is 28.0. The van der Waals surface area contributed by atoms with E-state index in [9.17, 15) is 9.59 Å². The number of aromatic nitrogens is 1. The third-order valence-electron chi connectivity index (χ3n) is 4.17. The zero-order valence-electron chi connectivity index (χ0n) is 13.9. The summed E-state index contributed by atoms with van der Waals surface area (Å²) < 4.78 is 1.18. The molecule has 1 aromatic carbocycles. The minimum Gasteiger partial charge on any atom is -0.356 e. The number of benzene rings is 1. The maximum atomic E-state index is 11.9. The molecule has 1 aliphatic carbocycles. The monoisotopic (exact) mass is 345 g/mol. The van der Waals surface area contributed by atoms with E-state index in [4.69, 9.17) is 0 Å². The fourth-order valence-corrected chi connectivity index (χ4v) is 3.51. The maximum absolute atomic E-state index is 11.9. The Morgan fingerprint density at radius 3 is 2.83 bits per heavy atom. The van der Waals surface area contributed by atoms with Crippen LogP contribution in [0.4, 0.5) is 0 Å². The topological polar surface area (TPSA) is 71.1 Å². The Labute approximate surface area is 145 Å². The summed E-state index contributed by atoms with van der Waals surface area (Å²) in [6, 6.07) is 8.08. The van der Waals surface area contributed by atoms with Crippen LogP contribution in [0.25, 0.3) is 10.2 Å². The fraction of sp³-hybridized carbons (Fsp3) is 0.500. The van der Waals surface area contributed by atoms with Gasteiger partial charge in [-0.25, -0.2) is 4.98 Å². The van der Waals surface area contributed by atoms with Gasteiger partial charge in [-0.2, -0.15) is 0 Å². The normalized spacial score (nSPS) is 15.2. The zero-order chi connectivity index (χ0) is 16.9. The molecule has 0 saturated heterocycles. The lowest BCUT2D eigenvalue weighted by Crippen LogP contribution is -2.30. The highest BCUT2D eigenvalue weighted by molar-refractivity contribution is 7.18. The van der Waals surface area contributed by atoms with Crippen LogP contribution in [0.1, 0.15) is 43.5 Å². The molecule has 1 unspecified atom stereocenters. The van der Waals surface area contributed by atoms with Crippen molar-refractivity contribution < 1.29 is 9.59 Å². The van der Waals surface area contributed by atoms with Crippen LogP contribution >= 0.6 is 11.3 Å². The van der Waals surface area contributed by atoms with E-state index in [0.29, 0.717) is 25.9 Å². The lowest BCUT2D eigenvalue weighted by atomic mass is 10.2. The molecule has 6 heteroatoms. The van der Waals surface area contributed by atoms with E-state index in [0.717, 1.165) is 23.4 Å². The number of amides is 2. The van der Waals surface area contributed by atoms with Gasteiger partial charge in [-0.1, -0.05) is 19.1 Å². The highest BCUT2D eigenvalue weighted by Gasteiger charge is 2.28. The summed E-state index contributed by atoms with van der Waals surface area (Å²) in [7, 11) is 0. The third kappa shape index (κ3) is 4.54. The minimum atomic E-state index is 0.0311. The van der Waals surface area contributed by atoms with Crippen LogP contribution in [0, 0.1) is 5.92 Å². The van der Waals surface area contributed by atoms with Crippen LogP contribution in [0.3, 0.4) is 0 Å². The molecule has 128 valence electrons. The maximum Gasteiger partial charge on any atom is 0.223 e. The highest BCUT2D eigenvalue weighted by atomic mass is 32.1. The van der Waals surface area contributed by atoms with Crippen LogP contribution in [0.2, 0.25) is 0 Å². The number of nitrogens with zero attached hydrogens (tertiary/aromatic N) is 1. The molecular weight excluding hydrogens is 322 g/mol. The number of thiazole rings is 1. The third-order valence-corrected chi connectivity index (χ3v) is 5.43. The van der Waals surface area contributed by atoms with E-state index < -0.39 is 0 Å². The van der Waals surface area contributed by atoms with E-state index in [2.05, 4.69) is 28.6 Å². The number of fused-ring (bicyclic) bond motifs is 1. The summed E-state index contributed by atoms with van der Waals surface area (Å²) in [5.41, 5.74) is 1.02. The summed E-state index contributed by atoms with van der Waals surface area (Å²) in [6.07, 6.45) is 3.14. The van der Waals surface area contributed by atoms with Crippen LogP contribution in [-0.2, 0) is 9.59 Å². The molecule has 1 aromatic heterocycles. The molecular formula is C18H23N3O2S. The molecule has 2 N–H and O–H groups in total. The van der Waals surface area contributed by atoms with Gasteiger partial charge in [0.05, 0.1) is 15.2 Å². The van der Waals surface area contributed by atoms with Crippen molar-refractivity contribution in [1.82, 2.24) is 15.6 Å². The lowest BCUT2D eigenvalue weighted by molar-refractivity contribution is -0.123. The highest BCUT2D eigenvalue weighted by Crippen LogP contribution is 2.28. The largest absolute Gasteiger partial charge is 0.356 e. The van der Waals surface area contributed by atoms with Crippen LogP contribution in [0.15, 0.2) is 24.3 Å². The van der Waals surface area contributed by atoms with Crippen molar-refractivity contribution in [3.63, 3.8) is 0 Å². The average molecular weight is 345 g/mol. The number of rotatable bonds is 8. The summed E-state index contributed by atoms with van der Waals surface area (Å²) in [6.45, 7) is 3.25. The molecule has 2 aromatic rings. The van der Waals surface area contributed by atoms with Crippen molar-refractivity contribution in [1.29, 1.82) is 0 Å². The Morgan fingerprint density at radius 1 is 1.29 bits per heavy atom. The molecule has 1 fully saturated rings. The van der Waals surface area contributed by atoms with Crippen molar-refractivity contribution in [2.24, 2.45) is 5.92 Å². The summed E-state index contributed by atoms with van der Waals surface area (Å²) in [5.74, 6) is 0.595. The number of hydrogen-bond acceptors (Lipinski definition) is 4. The van der Waals surface area contributed by atoms with Gasteiger partial charge >= 0.3 is 0 Å². The Bertz CT molecular complexity index is 691. The van der Waals surface area contributed by atoms with Crippen molar-refractivity contribution in [3.05, 3.63) is 29.3 Å². The lowest BCUT2D eigenvalue weighted by Gasteiger charge is -2.10. The minimum absolute atomic E-state index is 0.0311. The van der Waals surface area contributed by atoms with Crippen LogP contribution in [-0.4, -0.2) is 29.9 Å². The first-order chi connectivity index (χ1) is 11.6. The SMILES string of the molecule is CC(CNC(=O)CCCNC(=O)C1CC1)c1nc2ccccc2s1. The number of para-hydroxylation sites is 1. The molecule has 0 spiro atoms. The molecule has 24 heavy (non-hydrogen) atoms. The van der Waals surface area contributed by atoms with Crippen molar-refractivity contribution >= 4 is 33.4 Å². The Kier molecular flexibility index (Phi) is 5.45. The molecule has 1 aliphatic rings. The second kappa shape index (κ2) is 7.75. The van der Waals surface area contributed by atoms with Gasteiger partial charge in [0.1, 0.15) is 0 Å². The first-order valence-electron chi connectivity index (χ1n) is 8.53. The first-order valence-corrected chi connectivity index (χ1v) is 9.35. The van der Waals surface area contributed by atoms with Gasteiger partial charge < -0.3 is 10.6 Å². The van der Waals surface area contributed by atoms with Crippen molar-refractivity contribution in [2.75, 3.05) is 13.1 Å². The van der Waals surface area contributed by atoms with Gasteiger partial charge in [-0.3, -0.25) is 9.59 Å². The van der Waals surface area contributed by atoms with Crippen LogP contribution in [0.5, 0.6) is 0 Å². The molecule has 2 amide bonds. The number of hydrogen-bond donors (Lipinski definition) is 2. The van der Waals surface area contributed by atoms with Gasteiger partial charge in [-0.05, 0) is 31.4 Å². The molecule has 0 radical (unpaired) electrons. The fourth-order valence-electron chi connectivity index (χ4n) is 2.49. The van der Waals surface area contributed by atoms with Gasteiger partial charge in [0.15, 0.2) is 0 Å². The molecule has 1 heterocycles. The zero-order valence-corrected chi connectivity index (χ0v) is 14.7. The number of carbonyl (C=O) groups is 2. The predicted octanol–water partition coefficient (Wildman–Crippen LogP) is 2.82. The van der Waals surface area contributed by atoms with Crippen LogP contribution < -0.4 is 10.6 Å². The molecule has 3 rings (SSSR count). The summed E-state index contributed by atoms with van der Waals surface area (Å²) in [5, 5.41) is 6.89. The quantitative estimate of drug-likeness (QED) is 0.723.